The van der Waals surface area contributed by atoms with Crippen molar-refractivity contribution in [2.45, 2.75) is 45.3 Å². The van der Waals surface area contributed by atoms with E-state index in [4.69, 9.17) is 9.84 Å². The van der Waals surface area contributed by atoms with Crippen molar-refractivity contribution >= 4 is 11.9 Å². The number of ether oxygens (including phenoxy) is 1. The minimum atomic E-state index is -0.748. The van der Waals surface area contributed by atoms with E-state index in [-0.39, 0.29) is 23.3 Å². The third-order valence-electron chi connectivity index (χ3n) is 5.16. The molecule has 1 saturated carbocycles. The van der Waals surface area contributed by atoms with Crippen molar-refractivity contribution in [2.75, 3.05) is 26.7 Å². The molecule has 0 aromatic rings. The molecule has 2 fully saturated rings. The SMILES string of the molecule is COC1CC(NCC(=O)N2CCC(C(=O)O)CC2)C1(C)C. The van der Waals surface area contributed by atoms with Gasteiger partial charge in [0.05, 0.1) is 18.6 Å². The van der Waals surface area contributed by atoms with E-state index in [0.717, 1.165) is 6.42 Å². The maximum absolute atomic E-state index is 12.2. The fourth-order valence-corrected chi connectivity index (χ4v) is 3.33. The van der Waals surface area contributed by atoms with Gasteiger partial charge in [0.1, 0.15) is 0 Å². The third kappa shape index (κ3) is 3.37. The van der Waals surface area contributed by atoms with Crippen LogP contribution in [0.2, 0.25) is 0 Å². The average Bonchev–Trinajstić information content (AvgIpc) is 2.46. The predicted molar refractivity (Wildman–Crippen MR) is 77.9 cm³/mol. The molecule has 1 amide bonds. The number of nitrogens with one attached hydrogen (secondary N) is 1. The molecule has 2 aliphatic rings. The molecule has 0 bridgehead atoms. The van der Waals surface area contributed by atoms with Gasteiger partial charge < -0.3 is 20.1 Å². The molecule has 0 spiro atoms. The molecular weight excluding hydrogens is 272 g/mol. The van der Waals surface area contributed by atoms with Gasteiger partial charge in [0.2, 0.25) is 5.91 Å². The quantitative estimate of drug-likeness (QED) is 0.781. The second-order valence-electron chi connectivity index (χ2n) is 6.71. The fraction of sp³-hybridized carbons (Fsp3) is 0.867. The lowest BCUT2D eigenvalue weighted by Gasteiger charge is -2.51. The first kappa shape index (κ1) is 16.2. The highest BCUT2D eigenvalue weighted by atomic mass is 16.5. The summed E-state index contributed by atoms with van der Waals surface area (Å²) < 4.78 is 5.40. The molecule has 1 aliphatic carbocycles. The summed E-state index contributed by atoms with van der Waals surface area (Å²) in [6.45, 7) is 5.71. The number of methoxy groups -OCH3 is 1. The van der Waals surface area contributed by atoms with Gasteiger partial charge >= 0.3 is 5.97 Å². The zero-order valence-electron chi connectivity index (χ0n) is 13.1. The Bertz CT molecular complexity index is 402. The van der Waals surface area contributed by atoms with Gasteiger partial charge in [-0.15, -0.1) is 0 Å². The predicted octanol–water partition coefficient (Wildman–Crippen LogP) is 0.713. The summed E-state index contributed by atoms with van der Waals surface area (Å²) in [5.74, 6) is -0.979. The number of carbonyl (C=O) groups excluding carboxylic acids is 1. The average molecular weight is 298 g/mol. The Kier molecular flexibility index (Phi) is 4.88. The maximum atomic E-state index is 12.2. The summed E-state index contributed by atoms with van der Waals surface area (Å²) in [4.78, 5) is 24.8. The Morgan fingerprint density at radius 2 is 1.95 bits per heavy atom. The van der Waals surface area contributed by atoms with Crippen molar-refractivity contribution in [3.8, 4) is 0 Å². The van der Waals surface area contributed by atoms with Crippen molar-refractivity contribution in [1.29, 1.82) is 0 Å². The van der Waals surface area contributed by atoms with Crippen LogP contribution in [0.5, 0.6) is 0 Å². The number of piperidine rings is 1. The fourth-order valence-electron chi connectivity index (χ4n) is 3.33. The smallest absolute Gasteiger partial charge is 0.306 e. The molecule has 6 nitrogen and oxygen atoms in total. The molecule has 0 radical (unpaired) electrons. The molecule has 21 heavy (non-hydrogen) atoms. The summed E-state index contributed by atoms with van der Waals surface area (Å²) in [5.41, 5.74) is 0.0470. The Labute approximate surface area is 125 Å². The van der Waals surface area contributed by atoms with E-state index in [9.17, 15) is 9.59 Å². The van der Waals surface area contributed by atoms with E-state index >= 15 is 0 Å². The molecule has 1 aliphatic heterocycles. The Balaban J connectivity index is 1.73. The third-order valence-corrected chi connectivity index (χ3v) is 5.16. The van der Waals surface area contributed by atoms with Gasteiger partial charge in [0, 0.05) is 31.7 Å². The summed E-state index contributed by atoms with van der Waals surface area (Å²) >= 11 is 0. The summed E-state index contributed by atoms with van der Waals surface area (Å²) in [6.07, 6.45) is 2.29. The number of likely N-dealkylation sites (tertiary alicyclic amines) is 1. The van der Waals surface area contributed by atoms with E-state index in [1.807, 2.05) is 0 Å². The van der Waals surface area contributed by atoms with Crippen LogP contribution < -0.4 is 5.32 Å². The van der Waals surface area contributed by atoms with Crippen LogP contribution in [-0.2, 0) is 14.3 Å². The first-order chi connectivity index (χ1) is 9.86. The number of carbonyl (C=O) groups is 2. The lowest BCUT2D eigenvalue weighted by atomic mass is 9.64. The van der Waals surface area contributed by atoms with Crippen LogP contribution in [0, 0.1) is 11.3 Å². The highest BCUT2D eigenvalue weighted by Gasteiger charge is 2.48. The van der Waals surface area contributed by atoms with Gasteiger partial charge in [0.25, 0.3) is 0 Å². The summed E-state index contributed by atoms with van der Waals surface area (Å²) in [7, 11) is 1.72. The Hall–Kier alpha value is -1.14. The van der Waals surface area contributed by atoms with Gasteiger partial charge in [-0.25, -0.2) is 0 Å². The van der Waals surface area contributed by atoms with Crippen molar-refractivity contribution in [2.24, 2.45) is 11.3 Å². The minimum absolute atomic E-state index is 0.0470. The summed E-state index contributed by atoms with van der Waals surface area (Å²) in [5, 5.41) is 12.3. The van der Waals surface area contributed by atoms with Crippen LogP contribution in [0.3, 0.4) is 0 Å². The van der Waals surface area contributed by atoms with Crippen LogP contribution in [0.4, 0.5) is 0 Å². The Morgan fingerprint density at radius 1 is 1.33 bits per heavy atom. The van der Waals surface area contributed by atoms with Crippen LogP contribution in [0.15, 0.2) is 0 Å². The van der Waals surface area contributed by atoms with E-state index in [2.05, 4.69) is 19.2 Å². The minimum Gasteiger partial charge on any atom is -0.481 e. The number of carboxylic acids is 1. The van der Waals surface area contributed by atoms with Gasteiger partial charge in [-0.05, 0) is 19.3 Å². The standard InChI is InChI=1S/C15H26N2O4/c1-15(2)11(8-12(15)21-3)16-9-13(18)17-6-4-10(5-7-17)14(19)20/h10-12,16H,4-9H2,1-3H3,(H,19,20). The topological polar surface area (TPSA) is 78.9 Å². The summed E-state index contributed by atoms with van der Waals surface area (Å²) in [6, 6.07) is 0.294. The van der Waals surface area contributed by atoms with Crippen LogP contribution in [-0.4, -0.2) is 60.8 Å². The van der Waals surface area contributed by atoms with Gasteiger partial charge in [-0.2, -0.15) is 0 Å². The number of rotatable bonds is 5. The zero-order chi connectivity index (χ0) is 15.6. The Morgan fingerprint density at radius 3 is 2.43 bits per heavy atom. The molecule has 0 aromatic heterocycles. The number of hydrogen-bond acceptors (Lipinski definition) is 4. The monoisotopic (exact) mass is 298 g/mol. The van der Waals surface area contributed by atoms with Gasteiger partial charge in [0.15, 0.2) is 0 Å². The lowest BCUT2D eigenvalue weighted by Crippen LogP contribution is -2.62. The van der Waals surface area contributed by atoms with E-state index in [0.29, 0.717) is 38.5 Å². The second kappa shape index (κ2) is 6.32. The number of hydrogen-bond donors (Lipinski definition) is 2. The second-order valence-corrected chi connectivity index (χ2v) is 6.71. The van der Waals surface area contributed by atoms with E-state index in [1.165, 1.54) is 0 Å². The van der Waals surface area contributed by atoms with Gasteiger partial charge in [-0.1, -0.05) is 13.8 Å². The van der Waals surface area contributed by atoms with E-state index in [1.54, 1.807) is 12.0 Å². The lowest BCUT2D eigenvalue weighted by molar-refractivity contribution is -0.145. The number of carboxylic acid groups (broad SMARTS) is 1. The molecule has 6 heteroatoms. The molecule has 0 aromatic carbocycles. The molecule has 2 atom stereocenters. The number of aliphatic carboxylic acids is 1. The largest absolute Gasteiger partial charge is 0.481 e. The molecule has 2 N–H and O–H groups in total. The van der Waals surface area contributed by atoms with Crippen molar-refractivity contribution in [3.05, 3.63) is 0 Å². The number of amides is 1. The van der Waals surface area contributed by atoms with Crippen molar-refractivity contribution in [1.82, 2.24) is 10.2 Å². The first-order valence-electron chi connectivity index (χ1n) is 7.63. The van der Waals surface area contributed by atoms with Crippen molar-refractivity contribution < 1.29 is 19.4 Å². The molecule has 2 unspecified atom stereocenters. The van der Waals surface area contributed by atoms with E-state index < -0.39 is 5.97 Å². The van der Waals surface area contributed by atoms with Crippen molar-refractivity contribution in [3.63, 3.8) is 0 Å². The van der Waals surface area contributed by atoms with Crippen LogP contribution in [0.1, 0.15) is 33.1 Å². The van der Waals surface area contributed by atoms with Crippen LogP contribution >= 0.6 is 0 Å². The molecule has 120 valence electrons. The van der Waals surface area contributed by atoms with Gasteiger partial charge in [-0.3, -0.25) is 9.59 Å². The zero-order valence-corrected chi connectivity index (χ0v) is 13.1. The highest BCUT2D eigenvalue weighted by molar-refractivity contribution is 5.79. The molecule has 1 heterocycles. The van der Waals surface area contributed by atoms with Crippen LogP contribution in [0.25, 0.3) is 0 Å². The molecular formula is C15H26N2O4. The normalized spacial score (nSPS) is 29.0. The molecule has 1 saturated heterocycles. The highest BCUT2D eigenvalue weighted by Crippen LogP contribution is 2.42. The number of nitrogens with zero attached hydrogens (tertiary/aromatic N) is 1. The maximum Gasteiger partial charge on any atom is 0.306 e. The first-order valence-corrected chi connectivity index (χ1v) is 7.63. The molecule has 2 rings (SSSR count).